The highest BCUT2D eigenvalue weighted by atomic mass is 32.1. The summed E-state index contributed by atoms with van der Waals surface area (Å²) in [6.45, 7) is 6.51. The van der Waals surface area contributed by atoms with Gasteiger partial charge in [0.25, 0.3) is 0 Å². The smallest absolute Gasteiger partial charge is 0.0325 e. The lowest BCUT2D eigenvalue weighted by Gasteiger charge is -2.14. The molecule has 0 unspecified atom stereocenters. The van der Waals surface area contributed by atoms with E-state index in [9.17, 15) is 0 Å². The van der Waals surface area contributed by atoms with Gasteiger partial charge in [0.15, 0.2) is 0 Å². The molecule has 0 aliphatic carbocycles. The Morgan fingerprint density at radius 2 is 2.00 bits per heavy atom. The zero-order valence-electron chi connectivity index (χ0n) is 12.4. The van der Waals surface area contributed by atoms with Gasteiger partial charge in [-0.1, -0.05) is 13.0 Å². The largest absolute Gasteiger partial charge is 0.312 e. The van der Waals surface area contributed by atoms with Gasteiger partial charge in [0.1, 0.15) is 0 Å². The van der Waals surface area contributed by atoms with Crippen molar-refractivity contribution in [3.05, 3.63) is 44.3 Å². The van der Waals surface area contributed by atoms with Gasteiger partial charge in [-0.3, -0.25) is 0 Å². The highest BCUT2D eigenvalue weighted by Gasteiger charge is 2.05. The monoisotopic (exact) mass is 308 g/mol. The molecule has 2 nitrogen and oxygen atoms in total. The summed E-state index contributed by atoms with van der Waals surface area (Å²) in [5, 5.41) is 5.62. The van der Waals surface area contributed by atoms with E-state index in [0.717, 1.165) is 32.6 Å². The summed E-state index contributed by atoms with van der Waals surface area (Å²) in [7, 11) is 2.21. The summed E-state index contributed by atoms with van der Waals surface area (Å²) in [6, 6.07) is 8.89. The lowest BCUT2D eigenvalue weighted by atomic mass is 10.3. The van der Waals surface area contributed by atoms with Crippen LogP contribution < -0.4 is 5.32 Å². The molecule has 0 atom stereocenters. The second-order valence-electron chi connectivity index (χ2n) is 5.11. The number of rotatable bonds is 9. The first-order valence-electron chi connectivity index (χ1n) is 7.27. The molecule has 2 rings (SSSR count). The Labute approximate surface area is 130 Å². The normalized spacial score (nSPS) is 11.3. The summed E-state index contributed by atoms with van der Waals surface area (Å²) in [4.78, 5) is 6.80. The van der Waals surface area contributed by atoms with E-state index in [-0.39, 0.29) is 0 Å². The van der Waals surface area contributed by atoms with Crippen LogP contribution in [0.2, 0.25) is 0 Å². The molecular weight excluding hydrogens is 284 g/mol. The highest BCUT2D eigenvalue weighted by Crippen LogP contribution is 2.18. The first kappa shape index (κ1) is 15.7. The maximum Gasteiger partial charge on any atom is 0.0325 e. The number of nitrogens with one attached hydrogen (secondary N) is 1. The number of thiophene rings is 2. The third-order valence-electron chi connectivity index (χ3n) is 3.19. The van der Waals surface area contributed by atoms with Crippen LogP contribution in [0.1, 0.15) is 28.0 Å². The standard InChI is InChI=1S/C16H24N2S2/c1-3-9-17-12-15-6-7-16(20-15)13-18(2)10-8-14-5-4-11-19-14/h4-7,11,17H,3,8-10,12-13H2,1-2H3. The fourth-order valence-corrected chi connectivity index (χ4v) is 3.86. The minimum absolute atomic E-state index is 1.01. The predicted octanol–water partition coefficient (Wildman–Crippen LogP) is 3.98. The maximum absolute atomic E-state index is 3.46. The molecule has 110 valence electrons. The Hall–Kier alpha value is -0.680. The Bertz CT molecular complexity index is 476. The average molecular weight is 309 g/mol. The molecule has 0 fully saturated rings. The summed E-state index contributed by atoms with van der Waals surface area (Å²) in [6.07, 6.45) is 2.36. The third kappa shape index (κ3) is 5.37. The zero-order chi connectivity index (χ0) is 14.2. The molecule has 2 aromatic heterocycles. The van der Waals surface area contributed by atoms with Crippen molar-refractivity contribution < 1.29 is 0 Å². The van der Waals surface area contributed by atoms with Gasteiger partial charge in [0, 0.05) is 34.3 Å². The van der Waals surface area contributed by atoms with Gasteiger partial charge in [-0.05, 0) is 50.0 Å². The molecule has 2 heterocycles. The van der Waals surface area contributed by atoms with E-state index in [0.29, 0.717) is 0 Å². The minimum atomic E-state index is 1.01. The van der Waals surface area contributed by atoms with Crippen LogP contribution in [-0.2, 0) is 19.5 Å². The van der Waals surface area contributed by atoms with Crippen molar-refractivity contribution in [3.63, 3.8) is 0 Å². The van der Waals surface area contributed by atoms with E-state index in [1.165, 1.54) is 21.1 Å². The van der Waals surface area contributed by atoms with E-state index >= 15 is 0 Å². The van der Waals surface area contributed by atoms with Crippen molar-refractivity contribution in [2.75, 3.05) is 20.1 Å². The van der Waals surface area contributed by atoms with Crippen LogP contribution in [0.5, 0.6) is 0 Å². The van der Waals surface area contributed by atoms with Crippen LogP contribution in [0.25, 0.3) is 0 Å². The molecule has 0 bridgehead atoms. The average Bonchev–Trinajstić information content (AvgIpc) is 3.08. The molecule has 0 radical (unpaired) electrons. The van der Waals surface area contributed by atoms with Crippen LogP contribution in [0.3, 0.4) is 0 Å². The first-order chi connectivity index (χ1) is 9.78. The number of nitrogens with zero attached hydrogens (tertiary/aromatic N) is 1. The van der Waals surface area contributed by atoms with Crippen molar-refractivity contribution in [2.24, 2.45) is 0 Å². The van der Waals surface area contributed by atoms with Crippen LogP contribution in [0.15, 0.2) is 29.6 Å². The van der Waals surface area contributed by atoms with Gasteiger partial charge < -0.3 is 10.2 Å². The Morgan fingerprint density at radius 3 is 2.75 bits per heavy atom. The molecule has 2 aromatic rings. The topological polar surface area (TPSA) is 15.3 Å². The van der Waals surface area contributed by atoms with E-state index in [4.69, 9.17) is 0 Å². The lowest BCUT2D eigenvalue weighted by Crippen LogP contribution is -2.19. The van der Waals surface area contributed by atoms with E-state index in [1.54, 1.807) is 0 Å². The van der Waals surface area contributed by atoms with E-state index in [2.05, 4.69) is 53.8 Å². The second-order valence-corrected chi connectivity index (χ2v) is 7.40. The molecule has 0 aliphatic heterocycles. The van der Waals surface area contributed by atoms with Crippen molar-refractivity contribution in [2.45, 2.75) is 32.9 Å². The maximum atomic E-state index is 3.46. The summed E-state index contributed by atoms with van der Waals surface area (Å²) < 4.78 is 0. The van der Waals surface area contributed by atoms with Gasteiger partial charge in [0.2, 0.25) is 0 Å². The molecule has 4 heteroatoms. The van der Waals surface area contributed by atoms with Gasteiger partial charge in [-0.25, -0.2) is 0 Å². The molecule has 0 spiro atoms. The van der Waals surface area contributed by atoms with Crippen molar-refractivity contribution in [3.8, 4) is 0 Å². The van der Waals surface area contributed by atoms with Crippen LogP contribution in [0, 0.1) is 0 Å². The molecule has 0 aliphatic rings. The minimum Gasteiger partial charge on any atom is -0.312 e. The van der Waals surface area contributed by atoms with E-state index in [1.807, 2.05) is 22.7 Å². The second kappa shape index (κ2) is 8.57. The summed E-state index contributed by atoms with van der Waals surface area (Å²) in [5.74, 6) is 0. The van der Waals surface area contributed by atoms with E-state index < -0.39 is 0 Å². The number of likely N-dealkylation sites (N-methyl/N-ethyl adjacent to an activating group) is 1. The summed E-state index contributed by atoms with van der Waals surface area (Å²) in [5.41, 5.74) is 0. The predicted molar refractivity (Wildman–Crippen MR) is 90.7 cm³/mol. The van der Waals surface area contributed by atoms with Crippen LogP contribution in [-0.4, -0.2) is 25.0 Å². The molecule has 20 heavy (non-hydrogen) atoms. The number of hydrogen-bond donors (Lipinski definition) is 1. The lowest BCUT2D eigenvalue weighted by molar-refractivity contribution is 0.335. The fraction of sp³-hybridized carbons (Fsp3) is 0.500. The Balaban J connectivity index is 1.72. The van der Waals surface area contributed by atoms with Gasteiger partial charge >= 0.3 is 0 Å². The fourth-order valence-electron chi connectivity index (χ4n) is 2.09. The third-order valence-corrected chi connectivity index (χ3v) is 5.20. The molecular formula is C16H24N2S2. The quantitative estimate of drug-likeness (QED) is 0.705. The summed E-state index contributed by atoms with van der Waals surface area (Å²) >= 11 is 3.79. The Morgan fingerprint density at radius 1 is 1.15 bits per heavy atom. The van der Waals surface area contributed by atoms with Gasteiger partial charge in [-0.2, -0.15) is 0 Å². The van der Waals surface area contributed by atoms with Gasteiger partial charge in [-0.15, -0.1) is 22.7 Å². The van der Waals surface area contributed by atoms with Crippen LogP contribution >= 0.6 is 22.7 Å². The van der Waals surface area contributed by atoms with Crippen molar-refractivity contribution in [1.82, 2.24) is 10.2 Å². The zero-order valence-corrected chi connectivity index (χ0v) is 14.0. The number of hydrogen-bond acceptors (Lipinski definition) is 4. The SMILES string of the molecule is CCCNCc1ccc(CN(C)CCc2cccs2)s1. The molecule has 0 amide bonds. The molecule has 0 saturated carbocycles. The van der Waals surface area contributed by atoms with Crippen LogP contribution in [0.4, 0.5) is 0 Å². The van der Waals surface area contributed by atoms with Crippen molar-refractivity contribution >= 4 is 22.7 Å². The van der Waals surface area contributed by atoms with Crippen molar-refractivity contribution in [1.29, 1.82) is 0 Å². The Kier molecular flexibility index (Phi) is 6.73. The molecule has 0 aromatic carbocycles. The molecule has 0 saturated heterocycles. The molecule has 1 N–H and O–H groups in total. The highest BCUT2D eigenvalue weighted by molar-refractivity contribution is 7.12. The first-order valence-corrected chi connectivity index (χ1v) is 8.96. The van der Waals surface area contributed by atoms with Gasteiger partial charge in [0.05, 0.1) is 0 Å².